The van der Waals surface area contributed by atoms with Gasteiger partial charge in [0, 0.05) is 6.54 Å². The number of amides is 1. The Morgan fingerprint density at radius 2 is 1.64 bits per heavy atom. The molecule has 0 unspecified atom stereocenters. The largest absolute Gasteiger partial charge is 0.497 e. The van der Waals surface area contributed by atoms with E-state index < -0.39 is 12.1 Å². The van der Waals surface area contributed by atoms with Crippen LogP contribution < -0.4 is 19.5 Å². The highest BCUT2D eigenvalue weighted by Crippen LogP contribution is 2.26. The summed E-state index contributed by atoms with van der Waals surface area (Å²) in [4.78, 5) is 24.1. The van der Waals surface area contributed by atoms with Crippen molar-refractivity contribution >= 4 is 11.9 Å². The number of esters is 1. The molecule has 0 saturated carbocycles. The van der Waals surface area contributed by atoms with E-state index in [4.69, 9.17) is 18.9 Å². The molecule has 7 heteroatoms. The Bertz CT molecular complexity index is 775. The van der Waals surface area contributed by atoms with Gasteiger partial charge in [-0.3, -0.25) is 4.79 Å². The van der Waals surface area contributed by atoms with Gasteiger partial charge < -0.3 is 24.3 Å². The molecular weight excluding hydrogens is 362 g/mol. The Hall–Kier alpha value is -3.22. The number of carbonyl (C=O) groups excluding carboxylic acids is 2. The maximum atomic E-state index is 12.1. The highest BCUT2D eigenvalue weighted by molar-refractivity contribution is 5.83. The first-order valence-electron chi connectivity index (χ1n) is 8.98. The molecule has 0 aliphatic heterocycles. The van der Waals surface area contributed by atoms with Crippen LogP contribution in [0.5, 0.6) is 17.2 Å². The lowest BCUT2D eigenvalue weighted by atomic mass is 10.2. The van der Waals surface area contributed by atoms with Crippen LogP contribution in [-0.4, -0.2) is 38.3 Å². The van der Waals surface area contributed by atoms with E-state index in [2.05, 4.69) is 5.32 Å². The van der Waals surface area contributed by atoms with Gasteiger partial charge in [0.05, 0.1) is 13.7 Å². The minimum atomic E-state index is -0.934. The lowest BCUT2D eigenvalue weighted by molar-refractivity contribution is -0.156. The molecule has 2 aromatic carbocycles. The Kier molecular flexibility index (Phi) is 8.14. The molecule has 0 bridgehead atoms. The molecule has 1 amide bonds. The predicted octanol–water partition coefficient (Wildman–Crippen LogP) is 2.72. The van der Waals surface area contributed by atoms with Gasteiger partial charge in [-0.15, -0.1) is 0 Å². The molecule has 7 nitrogen and oxygen atoms in total. The molecule has 1 atom stereocenters. The molecule has 0 aliphatic rings. The second-order valence-electron chi connectivity index (χ2n) is 5.87. The quantitative estimate of drug-likeness (QED) is 0.631. The first-order chi connectivity index (χ1) is 13.5. The Morgan fingerprint density at radius 1 is 1.00 bits per heavy atom. The average molecular weight is 387 g/mol. The number of hydrogen-bond donors (Lipinski definition) is 1. The number of nitrogens with one attached hydrogen (secondary N) is 1. The third-order valence-corrected chi connectivity index (χ3v) is 3.80. The minimum absolute atomic E-state index is 0.319. The molecule has 0 radical (unpaired) electrons. The zero-order valence-electron chi connectivity index (χ0n) is 16.3. The summed E-state index contributed by atoms with van der Waals surface area (Å²) in [5, 5.41) is 2.72. The first kappa shape index (κ1) is 21.1. The van der Waals surface area contributed by atoms with Gasteiger partial charge in [0.25, 0.3) is 5.91 Å². The monoisotopic (exact) mass is 387 g/mol. The van der Waals surface area contributed by atoms with Crippen molar-refractivity contribution in [3.05, 3.63) is 54.1 Å². The number of benzene rings is 2. The molecule has 0 aliphatic carbocycles. The second kappa shape index (κ2) is 10.8. The van der Waals surface area contributed by atoms with E-state index in [1.165, 1.54) is 6.92 Å². The smallest absolute Gasteiger partial charge is 0.344 e. The third-order valence-electron chi connectivity index (χ3n) is 3.80. The van der Waals surface area contributed by atoms with E-state index in [1.807, 2.05) is 37.3 Å². The van der Waals surface area contributed by atoms with Crippen molar-refractivity contribution in [1.82, 2.24) is 5.32 Å². The van der Waals surface area contributed by atoms with Gasteiger partial charge in [-0.05, 0) is 43.7 Å². The van der Waals surface area contributed by atoms with E-state index in [0.29, 0.717) is 24.7 Å². The summed E-state index contributed by atoms with van der Waals surface area (Å²) in [6.07, 6.45) is -0.934. The maximum Gasteiger partial charge on any atom is 0.344 e. The van der Waals surface area contributed by atoms with E-state index in [0.717, 1.165) is 11.3 Å². The number of methoxy groups -OCH3 is 1. The van der Waals surface area contributed by atoms with Crippen molar-refractivity contribution in [3.63, 3.8) is 0 Å². The summed E-state index contributed by atoms with van der Waals surface area (Å²) in [6, 6.07) is 14.3. The number of carbonyl (C=O) groups is 2. The highest BCUT2D eigenvalue weighted by Gasteiger charge is 2.18. The Balaban J connectivity index is 1.77. The van der Waals surface area contributed by atoms with Crippen molar-refractivity contribution in [2.75, 3.05) is 20.3 Å². The number of hydrogen-bond acceptors (Lipinski definition) is 6. The summed E-state index contributed by atoms with van der Waals surface area (Å²) in [6.45, 7) is 3.85. The molecular formula is C21H25NO6. The van der Waals surface area contributed by atoms with Gasteiger partial charge in [-0.2, -0.15) is 0 Å². The Morgan fingerprint density at radius 3 is 2.25 bits per heavy atom. The molecule has 28 heavy (non-hydrogen) atoms. The number of ether oxygens (including phenoxy) is 4. The summed E-state index contributed by atoms with van der Waals surface area (Å²) in [5.74, 6) is 0.696. The van der Waals surface area contributed by atoms with Gasteiger partial charge in [0.1, 0.15) is 5.75 Å². The highest BCUT2D eigenvalue weighted by atomic mass is 16.6. The average Bonchev–Trinajstić information content (AvgIpc) is 2.72. The fourth-order valence-corrected chi connectivity index (χ4v) is 2.34. The van der Waals surface area contributed by atoms with E-state index in [-0.39, 0.29) is 12.5 Å². The van der Waals surface area contributed by atoms with Crippen LogP contribution in [0.15, 0.2) is 48.5 Å². The first-order valence-corrected chi connectivity index (χ1v) is 8.98. The van der Waals surface area contributed by atoms with Crippen LogP contribution in [-0.2, 0) is 20.9 Å². The molecule has 2 aromatic rings. The van der Waals surface area contributed by atoms with Crippen LogP contribution in [0.25, 0.3) is 0 Å². The standard InChI is InChI=1S/C21H25NO6/c1-4-26-18-7-5-6-8-19(18)27-14-20(23)28-15(2)21(24)22-13-16-9-11-17(25-3)12-10-16/h5-12,15H,4,13-14H2,1-3H3,(H,22,24)/t15-/m0/s1. The van der Waals surface area contributed by atoms with Crippen LogP contribution in [0.3, 0.4) is 0 Å². The van der Waals surface area contributed by atoms with Crippen LogP contribution in [0, 0.1) is 0 Å². The number of rotatable bonds is 10. The summed E-state index contributed by atoms with van der Waals surface area (Å²) < 4.78 is 21.1. The van der Waals surface area contributed by atoms with E-state index in [1.54, 1.807) is 25.3 Å². The van der Waals surface area contributed by atoms with Crippen LogP contribution >= 0.6 is 0 Å². The summed E-state index contributed by atoms with van der Waals surface area (Å²) >= 11 is 0. The maximum absolute atomic E-state index is 12.1. The van der Waals surface area contributed by atoms with Crippen LogP contribution in [0.1, 0.15) is 19.4 Å². The van der Waals surface area contributed by atoms with Gasteiger partial charge in [0.2, 0.25) is 0 Å². The fourth-order valence-electron chi connectivity index (χ4n) is 2.34. The summed E-state index contributed by atoms with van der Waals surface area (Å²) in [7, 11) is 1.59. The topological polar surface area (TPSA) is 83.1 Å². The second-order valence-corrected chi connectivity index (χ2v) is 5.87. The van der Waals surface area contributed by atoms with Crippen LogP contribution in [0.4, 0.5) is 0 Å². The molecule has 0 heterocycles. The predicted molar refractivity (Wildman–Crippen MR) is 104 cm³/mol. The van der Waals surface area contributed by atoms with Gasteiger partial charge in [0.15, 0.2) is 24.2 Å². The van der Waals surface area contributed by atoms with Crippen LogP contribution in [0.2, 0.25) is 0 Å². The summed E-state index contributed by atoms with van der Waals surface area (Å²) in [5.41, 5.74) is 0.906. The SMILES string of the molecule is CCOc1ccccc1OCC(=O)O[C@@H](C)C(=O)NCc1ccc(OC)cc1. The molecule has 0 spiro atoms. The van der Waals surface area contributed by atoms with Crippen molar-refractivity contribution in [2.24, 2.45) is 0 Å². The lowest BCUT2D eigenvalue weighted by Gasteiger charge is -2.15. The van der Waals surface area contributed by atoms with Gasteiger partial charge >= 0.3 is 5.97 Å². The zero-order valence-corrected chi connectivity index (χ0v) is 16.3. The van der Waals surface area contributed by atoms with Crippen molar-refractivity contribution in [1.29, 1.82) is 0 Å². The molecule has 150 valence electrons. The molecule has 0 saturated heterocycles. The third kappa shape index (κ3) is 6.50. The Labute approximate surface area is 164 Å². The molecule has 0 aromatic heterocycles. The molecule has 1 N–H and O–H groups in total. The lowest BCUT2D eigenvalue weighted by Crippen LogP contribution is -2.36. The van der Waals surface area contributed by atoms with Crippen molar-refractivity contribution < 1.29 is 28.5 Å². The molecule has 0 fully saturated rings. The normalized spacial score (nSPS) is 11.2. The fraction of sp³-hybridized carbons (Fsp3) is 0.333. The van der Waals surface area contributed by atoms with Crippen molar-refractivity contribution in [3.8, 4) is 17.2 Å². The minimum Gasteiger partial charge on any atom is -0.497 e. The van der Waals surface area contributed by atoms with Gasteiger partial charge in [-0.25, -0.2) is 4.79 Å². The van der Waals surface area contributed by atoms with Gasteiger partial charge in [-0.1, -0.05) is 24.3 Å². The zero-order chi connectivity index (χ0) is 20.4. The van der Waals surface area contributed by atoms with E-state index >= 15 is 0 Å². The van der Waals surface area contributed by atoms with E-state index in [9.17, 15) is 9.59 Å². The number of para-hydroxylation sites is 2. The van der Waals surface area contributed by atoms with Crippen molar-refractivity contribution in [2.45, 2.75) is 26.5 Å². The molecule has 2 rings (SSSR count).